The number of rotatable bonds is 6. The Morgan fingerprint density at radius 3 is 2.30 bits per heavy atom. The van der Waals surface area contributed by atoms with E-state index in [4.69, 9.17) is 9.47 Å². The number of nitrogens with zero attached hydrogens (tertiary/aromatic N) is 1. The first kappa shape index (κ1) is 17.1. The predicted octanol–water partition coefficient (Wildman–Crippen LogP) is 5.31. The minimum absolute atomic E-state index is 0.561. The molecule has 0 bridgehead atoms. The van der Waals surface area contributed by atoms with Crippen molar-refractivity contribution in [2.24, 2.45) is 0 Å². The van der Waals surface area contributed by atoms with E-state index in [2.05, 4.69) is 22.0 Å². The lowest BCUT2D eigenvalue weighted by atomic mass is 10.0. The minimum Gasteiger partial charge on any atom is -0.490 e. The van der Waals surface area contributed by atoms with Crippen LogP contribution in [-0.4, -0.2) is 13.2 Å². The van der Waals surface area contributed by atoms with Crippen LogP contribution in [-0.2, 0) is 0 Å². The zero-order valence-corrected chi connectivity index (χ0v) is 14.8. The average Bonchev–Trinajstić information content (AvgIpc) is 2.56. The molecule has 2 aromatic rings. The van der Waals surface area contributed by atoms with E-state index >= 15 is 0 Å². The van der Waals surface area contributed by atoms with E-state index in [1.807, 2.05) is 62.4 Å². The van der Waals surface area contributed by atoms with Gasteiger partial charge in [0.2, 0.25) is 0 Å². The van der Waals surface area contributed by atoms with Crippen molar-refractivity contribution in [3.63, 3.8) is 0 Å². The van der Waals surface area contributed by atoms with Gasteiger partial charge in [0.15, 0.2) is 11.5 Å². The maximum absolute atomic E-state index is 9.44. The fourth-order valence-electron chi connectivity index (χ4n) is 2.13. The lowest BCUT2D eigenvalue weighted by Crippen LogP contribution is -1.98. The molecule has 118 valence electrons. The molecular weight excluding hydrogens is 354 g/mol. The molecule has 0 N–H and O–H groups in total. The Kier molecular flexibility index (Phi) is 6.25. The highest BCUT2D eigenvalue weighted by Gasteiger charge is 2.07. The fourth-order valence-corrected chi connectivity index (χ4v) is 2.40. The van der Waals surface area contributed by atoms with Crippen molar-refractivity contribution in [2.45, 2.75) is 13.8 Å². The zero-order valence-electron chi connectivity index (χ0n) is 13.2. The number of hydrogen-bond donors (Lipinski definition) is 0. The monoisotopic (exact) mass is 371 g/mol. The molecule has 0 aliphatic rings. The molecule has 2 rings (SSSR count). The highest BCUT2D eigenvalue weighted by atomic mass is 79.9. The van der Waals surface area contributed by atoms with Crippen LogP contribution in [0.3, 0.4) is 0 Å². The van der Waals surface area contributed by atoms with E-state index in [1.165, 1.54) is 0 Å². The van der Waals surface area contributed by atoms with E-state index in [0.29, 0.717) is 30.3 Å². The summed E-state index contributed by atoms with van der Waals surface area (Å²) in [4.78, 5) is 0. The molecule has 0 aliphatic carbocycles. The quantitative estimate of drug-likeness (QED) is 0.510. The van der Waals surface area contributed by atoms with Crippen LogP contribution in [0.5, 0.6) is 11.5 Å². The summed E-state index contributed by atoms with van der Waals surface area (Å²) < 4.78 is 12.2. The molecule has 0 unspecified atom stereocenters. The number of benzene rings is 2. The molecule has 0 amide bonds. The molecule has 0 spiro atoms. The first-order valence-corrected chi connectivity index (χ1v) is 8.24. The van der Waals surface area contributed by atoms with E-state index < -0.39 is 0 Å². The first-order chi connectivity index (χ1) is 11.2. The van der Waals surface area contributed by atoms with Gasteiger partial charge in [-0.05, 0) is 55.3 Å². The first-order valence-electron chi connectivity index (χ1n) is 7.45. The Morgan fingerprint density at radius 2 is 1.70 bits per heavy atom. The topological polar surface area (TPSA) is 42.2 Å². The second-order valence-corrected chi connectivity index (χ2v) is 5.66. The molecule has 0 radical (unpaired) electrons. The van der Waals surface area contributed by atoms with Crippen LogP contribution >= 0.6 is 15.9 Å². The van der Waals surface area contributed by atoms with Gasteiger partial charge in [-0.3, -0.25) is 0 Å². The van der Waals surface area contributed by atoms with Crippen molar-refractivity contribution in [3.05, 3.63) is 58.1 Å². The molecule has 0 saturated heterocycles. The standard InChI is InChI=1S/C19H18BrNO2/c1-3-22-18-10-5-14(12-19(18)23-4-2)11-16(13-21)15-6-8-17(20)9-7-15/h5-12H,3-4H2,1-2H3/b16-11+. The highest BCUT2D eigenvalue weighted by Crippen LogP contribution is 2.30. The van der Waals surface area contributed by atoms with E-state index in [1.54, 1.807) is 0 Å². The Hall–Kier alpha value is -2.25. The van der Waals surface area contributed by atoms with E-state index in [0.717, 1.165) is 15.6 Å². The Labute approximate surface area is 145 Å². The lowest BCUT2D eigenvalue weighted by molar-refractivity contribution is 0.287. The van der Waals surface area contributed by atoms with Gasteiger partial charge < -0.3 is 9.47 Å². The zero-order chi connectivity index (χ0) is 16.7. The summed E-state index contributed by atoms with van der Waals surface area (Å²) in [7, 11) is 0. The molecule has 0 fully saturated rings. The number of ether oxygens (including phenoxy) is 2. The van der Waals surface area contributed by atoms with Crippen molar-refractivity contribution in [2.75, 3.05) is 13.2 Å². The summed E-state index contributed by atoms with van der Waals surface area (Å²) in [5, 5.41) is 9.44. The molecule has 3 nitrogen and oxygen atoms in total. The SMILES string of the molecule is CCOc1ccc(/C=C(\C#N)c2ccc(Br)cc2)cc1OCC. The van der Waals surface area contributed by atoms with Crippen molar-refractivity contribution in [1.29, 1.82) is 5.26 Å². The predicted molar refractivity (Wildman–Crippen MR) is 96.4 cm³/mol. The Morgan fingerprint density at radius 1 is 1.04 bits per heavy atom. The van der Waals surface area contributed by atoms with Gasteiger partial charge in [0.05, 0.1) is 24.9 Å². The van der Waals surface area contributed by atoms with E-state index in [9.17, 15) is 5.26 Å². The third-order valence-electron chi connectivity index (χ3n) is 3.15. The molecule has 23 heavy (non-hydrogen) atoms. The molecule has 0 aliphatic heterocycles. The largest absolute Gasteiger partial charge is 0.490 e. The number of hydrogen-bond acceptors (Lipinski definition) is 3. The maximum atomic E-state index is 9.44. The van der Waals surface area contributed by atoms with Crippen molar-refractivity contribution in [1.82, 2.24) is 0 Å². The van der Waals surface area contributed by atoms with Crippen molar-refractivity contribution >= 4 is 27.6 Å². The van der Waals surface area contributed by atoms with Crippen LogP contribution in [0.2, 0.25) is 0 Å². The molecule has 0 atom stereocenters. The normalized spacial score (nSPS) is 11.0. The maximum Gasteiger partial charge on any atom is 0.161 e. The number of halogens is 1. The highest BCUT2D eigenvalue weighted by molar-refractivity contribution is 9.10. The summed E-state index contributed by atoms with van der Waals surface area (Å²) in [5.74, 6) is 1.41. The fraction of sp³-hybridized carbons (Fsp3) is 0.211. The molecule has 4 heteroatoms. The summed E-state index contributed by atoms with van der Waals surface area (Å²) in [5.41, 5.74) is 2.38. The Balaban J connectivity index is 2.37. The molecule has 2 aromatic carbocycles. The third kappa shape index (κ3) is 4.61. The number of allylic oxidation sites excluding steroid dienone is 1. The second-order valence-electron chi connectivity index (χ2n) is 4.75. The van der Waals surface area contributed by atoms with E-state index in [-0.39, 0.29) is 0 Å². The minimum atomic E-state index is 0.561. The smallest absolute Gasteiger partial charge is 0.161 e. The molecule has 0 heterocycles. The van der Waals surface area contributed by atoms with Crippen LogP contribution < -0.4 is 9.47 Å². The van der Waals surface area contributed by atoms with Crippen LogP contribution in [0.4, 0.5) is 0 Å². The van der Waals surface area contributed by atoms with Gasteiger partial charge in [-0.15, -0.1) is 0 Å². The molecule has 0 aromatic heterocycles. The summed E-state index contributed by atoms with van der Waals surface area (Å²) in [6, 6.07) is 15.6. The Bertz CT molecular complexity index is 730. The third-order valence-corrected chi connectivity index (χ3v) is 3.68. The number of nitriles is 1. The van der Waals surface area contributed by atoms with Gasteiger partial charge >= 0.3 is 0 Å². The van der Waals surface area contributed by atoms with Gasteiger partial charge in [0, 0.05) is 4.47 Å². The van der Waals surface area contributed by atoms with Gasteiger partial charge in [-0.1, -0.05) is 34.1 Å². The molecule has 0 saturated carbocycles. The van der Waals surface area contributed by atoms with Gasteiger partial charge in [0.25, 0.3) is 0 Å². The van der Waals surface area contributed by atoms with Crippen molar-refractivity contribution < 1.29 is 9.47 Å². The second kappa shape index (κ2) is 8.40. The lowest BCUT2D eigenvalue weighted by Gasteiger charge is -2.11. The summed E-state index contributed by atoms with van der Waals surface area (Å²) >= 11 is 3.40. The van der Waals surface area contributed by atoms with Gasteiger partial charge in [0.1, 0.15) is 0 Å². The summed E-state index contributed by atoms with van der Waals surface area (Å²) in [6.45, 7) is 5.01. The molecular formula is C19H18BrNO2. The van der Waals surface area contributed by atoms with Gasteiger partial charge in [-0.25, -0.2) is 0 Å². The van der Waals surface area contributed by atoms with Gasteiger partial charge in [-0.2, -0.15) is 5.26 Å². The summed E-state index contributed by atoms with van der Waals surface area (Å²) in [6.07, 6.45) is 1.85. The van der Waals surface area contributed by atoms with Crippen LogP contribution in [0, 0.1) is 11.3 Å². The van der Waals surface area contributed by atoms with Crippen LogP contribution in [0.15, 0.2) is 46.9 Å². The van der Waals surface area contributed by atoms with Crippen LogP contribution in [0.1, 0.15) is 25.0 Å². The van der Waals surface area contributed by atoms with Crippen molar-refractivity contribution in [3.8, 4) is 17.6 Å². The average molecular weight is 372 g/mol. The van der Waals surface area contributed by atoms with Crippen LogP contribution in [0.25, 0.3) is 11.6 Å².